The van der Waals surface area contributed by atoms with Crippen molar-refractivity contribution in [1.82, 2.24) is 5.43 Å². The van der Waals surface area contributed by atoms with Gasteiger partial charge >= 0.3 is 0 Å². The fourth-order valence-corrected chi connectivity index (χ4v) is 2.64. The molecule has 9 nitrogen and oxygen atoms in total. The Labute approximate surface area is 171 Å². The average molecular weight is 406 g/mol. The lowest BCUT2D eigenvalue weighted by Crippen LogP contribution is -2.19. The first-order valence-corrected chi connectivity index (χ1v) is 8.90. The number of non-ortho nitro benzene ring substituents is 1. The molecule has 0 atom stereocenters. The van der Waals surface area contributed by atoms with Gasteiger partial charge in [-0.2, -0.15) is 5.10 Å². The molecule has 2 N–H and O–H groups in total. The maximum absolute atomic E-state index is 12.2. The van der Waals surface area contributed by atoms with E-state index in [1.54, 1.807) is 44.2 Å². The Kier molecular flexibility index (Phi) is 6.02. The maximum atomic E-state index is 12.2. The van der Waals surface area contributed by atoms with Crippen molar-refractivity contribution in [2.45, 2.75) is 13.8 Å². The van der Waals surface area contributed by atoms with Crippen molar-refractivity contribution in [3.63, 3.8) is 0 Å². The van der Waals surface area contributed by atoms with E-state index < -0.39 is 10.8 Å². The van der Waals surface area contributed by atoms with Crippen molar-refractivity contribution in [2.75, 3.05) is 5.32 Å². The van der Waals surface area contributed by atoms with Crippen molar-refractivity contribution in [1.29, 1.82) is 0 Å². The molecule has 0 saturated heterocycles. The number of nitrogens with zero attached hydrogens (tertiary/aromatic N) is 2. The van der Waals surface area contributed by atoms with E-state index in [2.05, 4.69) is 15.8 Å². The molecule has 0 bridgehead atoms. The molecule has 0 spiro atoms. The average Bonchev–Trinajstić information content (AvgIpc) is 3.18. The Hall–Kier alpha value is -4.27. The number of benzene rings is 2. The standard InChI is InChI=1S/C21H18N4O5/c1-13(23-24-20(26)16-4-3-5-18(12-16)25(28)29)15-6-8-17(9-7-15)22-21(27)19-10-11-30-14(19)2/h3-12H,1-2H3,(H,22,27)(H,24,26). The molecule has 0 saturated carbocycles. The fourth-order valence-electron chi connectivity index (χ4n) is 2.64. The van der Waals surface area contributed by atoms with Crippen molar-refractivity contribution in [3.05, 3.63) is 93.4 Å². The first-order valence-electron chi connectivity index (χ1n) is 8.90. The number of nitrogens with one attached hydrogen (secondary N) is 2. The van der Waals surface area contributed by atoms with Crippen LogP contribution in [0.2, 0.25) is 0 Å². The number of carbonyl (C=O) groups is 2. The van der Waals surface area contributed by atoms with Crippen LogP contribution in [0, 0.1) is 17.0 Å². The Morgan fingerprint density at radius 3 is 2.40 bits per heavy atom. The summed E-state index contributed by atoms with van der Waals surface area (Å²) in [4.78, 5) is 34.6. The first-order chi connectivity index (χ1) is 14.3. The summed E-state index contributed by atoms with van der Waals surface area (Å²) < 4.78 is 5.13. The largest absolute Gasteiger partial charge is 0.469 e. The molecule has 152 valence electrons. The lowest BCUT2D eigenvalue weighted by Gasteiger charge is -2.07. The molecule has 0 radical (unpaired) electrons. The fraction of sp³-hybridized carbons (Fsp3) is 0.0952. The number of amides is 2. The summed E-state index contributed by atoms with van der Waals surface area (Å²) in [5.41, 5.74) is 4.65. The minimum Gasteiger partial charge on any atom is -0.469 e. The zero-order valence-corrected chi connectivity index (χ0v) is 16.2. The van der Waals surface area contributed by atoms with Crippen molar-refractivity contribution in [3.8, 4) is 0 Å². The number of nitro groups is 1. The zero-order chi connectivity index (χ0) is 21.7. The molecule has 0 unspecified atom stereocenters. The zero-order valence-electron chi connectivity index (χ0n) is 16.2. The third-order valence-electron chi connectivity index (χ3n) is 4.31. The SMILES string of the molecule is CC(=NNC(=O)c1cccc([N+](=O)[O-])c1)c1ccc(NC(=O)c2ccoc2C)cc1. The second-order valence-corrected chi connectivity index (χ2v) is 6.37. The summed E-state index contributed by atoms with van der Waals surface area (Å²) in [7, 11) is 0. The topological polar surface area (TPSA) is 127 Å². The van der Waals surface area contributed by atoms with Crippen LogP contribution in [0.5, 0.6) is 0 Å². The monoisotopic (exact) mass is 406 g/mol. The molecule has 0 aliphatic rings. The van der Waals surface area contributed by atoms with Gasteiger partial charge in [-0.1, -0.05) is 18.2 Å². The van der Waals surface area contributed by atoms with Gasteiger partial charge in [-0.15, -0.1) is 0 Å². The predicted octanol–water partition coefficient (Wildman–Crippen LogP) is 3.90. The van der Waals surface area contributed by atoms with Gasteiger partial charge < -0.3 is 9.73 Å². The van der Waals surface area contributed by atoms with E-state index in [-0.39, 0.29) is 17.2 Å². The third kappa shape index (κ3) is 4.76. The molecular formula is C21H18N4O5. The second kappa shape index (κ2) is 8.82. The quantitative estimate of drug-likeness (QED) is 0.365. The smallest absolute Gasteiger partial charge is 0.271 e. The van der Waals surface area contributed by atoms with Crippen molar-refractivity contribution < 1.29 is 18.9 Å². The number of anilines is 1. The van der Waals surface area contributed by atoms with Gasteiger partial charge in [0.15, 0.2) is 0 Å². The van der Waals surface area contributed by atoms with Gasteiger partial charge in [0.05, 0.1) is 22.5 Å². The highest BCUT2D eigenvalue weighted by atomic mass is 16.6. The van der Waals surface area contributed by atoms with Gasteiger partial charge in [0.25, 0.3) is 17.5 Å². The Balaban J connectivity index is 1.64. The molecular weight excluding hydrogens is 388 g/mol. The summed E-state index contributed by atoms with van der Waals surface area (Å²) in [5.74, 6) is -0.299. The molecule has 0 aliphatic carbocycles. The molecule has 30 heavy (non-hydrogen) atoms. The number of rotatable bonds is 6. The van der Waals surface area contributed by atoms with Crippen LogP contribution in [-0.2, 0) is 0 Å². The highest BCUT2D eigenvalue weighted by molar-refractivity contribution is 6.05. The molecule has 0 aliphatic heterocycles. The van der Waals surface area contributed by atoms with Crippen LogP contribution < -0.4 is 10.7 Å². The number of hydrazone groups is 1. The highest BCUT2D eigenvalue weighted by Crippen LogP contribution is 2.15. The number of carbonyl (C=O) groups excluding carboxylic acids is 2. The van der Waals surface area contributed by atoms with Crippen LogP contribution in [0.3, 0.4) is 0 Å². The van der Waals surface area contributed by atoms with Gasteiger partial charge in [0, 0.05) is 23.4 Å². The molecule has 3 aromatic rings. The third-order valence-corrected chi connectivity index (χ3v) is 4.31. The second-order valence-electron chi connectivity index (χ2n) is 6.37. The number of hydrogen-bond acceptors (Lipinski definition) is 6. The van der Waals surface area contributed by atoms with E-state index in [0.29, 0.717) is 22.7 Å². The van der Waals surface area contributed by atoms with Gasteiger partial charge in [-0.25, -0.2) is 5.43 Å². The predicted molar refractivity (Wildman–Crippen MR) is 111 cm³/mol. The summed E-state index contributed by atoms with van der Waals surface area (Å²) in [6, 6.07) is 13.9. The van der Waals surface area contributed by atoms with Crippen LogP contribution in [0.25, 0.3) is 0 Å². The van der Waals surface area contributed by atoms with E-state index in [9.17, 15) is 19.7 Å². The van der Waals surface area contributed by atoms with Crippen LogP contribution >= 0.6 is 0 Å². The number of nitro benzene ring substituents is 1. The first kappa shape index (κ1) is 20.5. The minimum atomic E-state index is -0.570. The minimum absolute atomic E-state index is 0.133. The Morgan fingerprint density at radius 2 is 1.77 bits per heavy atom. The van der Waals surface area contributed by atoms with Crippen LogP contribution in [0.1, 0.15) is 39.0 Å². The summed E-state index contributed by atoms with van der Waals surface area (Å²) >= 11 is 0. The Morgan fingerprint density at radius 1 is 1.03 bits per heavy atom. The van der Waals surface area contributed by atoms with E-state index in [4.69, 9.17) is 4.42 Å². The van der Waals surface area contributed by atoms with E-state index in [1.165, 1.54) is 30.5 Å². The van der Waals surface area contributed by atoms with Gasteiger partial charge in [-0.3, -0.25) is 19.7 Å². The molecule has 2 amide bonds. The normalized spacial score (nSPS) is 11.1. The number of aryl methyl sites for hydroxylation is 1. The van der Waals surface area contributed by atoms with E-state index in [1.807, 2.05) is 0 Å². The highest BCUT2D eigenvalue weighted by Gasteiger charge is 2.12. The number of furan rings is 1. The van der Waals surface area contributed by atoms with Crippen molar-refractivity contribution in [2.24, 2.45) is 5.10 Å². The molecule has 9 heteroatoms. The number of hydrogen-bond donors (Lipinski definition) is 2. The van der Waals surface area contributed by atoms with Crippen LogP contribution in [-0.4, -0.2) is 22.4 Å². The van der Waals surface area contributed by atoms with Crippen molar-refractivity contribution >= 4 is 28.9 Å². The van der Waals surface area contributed by atoms with E-state index in [0.717, 1.165) is 5.56 Å². The maximum Gasteiger partial charge on any atom is 0.271 e. The lowest BCUT2D eigenvalue weighted by molar-refractivity contribution is -0.384. The van der Waals surface area contributed by atoms with Crippen LogP contribution in [0.15, 0.2) is 70.4 Å². The van der Waals surface area contributed by atoms with Gasteiger partial charge in [0.1, 0.15) is 5.76 Å². The van der Waals surface area contributed by atoms with Gasteiger partial charge in [0.2, 0.25) is 0 Å². The van der Waals surface area contributed by atoms with Gasteiger partial charge in [-0.05, 0) is 43.7 Å². The van der Waals surface area contributed by atoms with Crippen LogP contribution in [0.4, 0.5) is 11.4 Å². The molecule has 1 heterocycles. The molecule has 0 fully saturated rings. The molecule has 3 rings (SSSR count). The summed E-state index contributed by atoms with van der Waals surface area (Å²) in [5, 5.41) is 17.6. The Bertz CT molecular complexity index is 1130. The molecule has 2 aromatic carbocycles. The summed E-state index contributed by atoms with van der Waals surface area (Å²) in [6.45, 7) is 3.41. The van der Waals surface area contributed by atoms with E-state index >= 15 is 0 Å². The molecule has 1 aromatic heterocycles. The summed E-state index contributed by atoms with van der Waals surface area (Å²) in [6.07, 6.45) is 1.45. The lowest BCUT2D eigenvalue weighted by atomic mass is 10.1.